The van der Waals surface area contributed by atoms with Crippen molar-refractivity contribution in [2.24, 2.45) is 5.84 Å². The molecule has 1 unspecified atom stereocenters. The lowest BCUT2D eigenvalue weighted by Crippen LogP contribution is -2.29. The van der Waals surface area contributed by atoms with Gasteiger partial charge in [0.1, 0.15) is 5.82 Å². The van der Waals surface area contributed by atoms with Crippen molar-refractivity contribution >= 4 is 11.6 Å². The number of hydrogen-bond donors (Lipinski definition) is 2. The third-order valence-electron chi connectivity index (χ3n) is 3.42. The zero-order valence-corrected chi connectivity index (χ0v) is 12.1. The molecule has 0 heterocycles. The maximum atomic E-state index is 13.2. The summed E-state index contributed by atoms with van der Waals surface area (Å²) in [7, 11) is 0. The molecular weight excluding hydrogens is 275 g/mol. The van der Waals surface area contributed by atoms with Gasteiger partial charge in [-0.1, -0.05) is 48.9 Å². The van der Waals surface area contributed by atoms with Crippen LogP contribution in [-0.4, -0.2) is 0 Å². The van der Waals surface area contributed by atoms with Gasteiger partial charge in [-0.2, -0.15) is 0 Å². The van der Waals surface area contributed by atoms with E-state index in [2.05, 4.69) is 36.6 Å². The normalized spacial score (nSPS) is 12.4. The topological polar surface area (TPSA) is 38.0 Å². The molecule has 0 aliphatic carbocycles. The monoisotopic (exact) mass is 292 g/mol. The van der Waals surface area contributed by atoms with Gasteiger partial charge in [-0.05, 0) is 41.7 Å². The Balaban J connectivity index is 2.16. The first-order chi connectivity index (χ1) is 9.63. The van der Waals surface area contributed by atoms with Crippen LogP contribution in [0.4, 0.5) is 4.39 Å². The van der Waals surface area contributed by atoms with Crippen LogP contribution < -0.4 is 11.3 Å². The first-order valence-corrected chi connectivity index (χ1v) is 7.00. The van der Waals surface area contributed by atoms with E-state index < -0.39 is 5.82 Å². The molecule has 2 aromatic rings. The van der Waals surface area contributed by atoms with Gasteiger partial charge in [-0.25, -0.2) is 4.39 Å². The van der Waals surface area contributed by atoms with Crippen LogP contribution in [0.5, 0.6) is 0 Å². The van der Waals surface area contributed by atoms with Gasteiger partial charge in [-0.3, -0.25) is 11.3 Å². The molecule has 2 rings (SSSR count). The van der Waals surface area contributed by atoms with Crippen molar-refractivity contribution in [1.29, 1.82) is 0 Å². The Bertz CT molecular complexity index is 569. The van der Waals surface area contributed by atoms with Crippen LogP contribution in [0.3, 0.4) is 0 Å². The number of nitrogens with one attached hydrogen (secondary N) is 1. The van der Waals surface area contributed by atoms with Gasteiger partial charge in [0.15, 0.2) is 0 Å². The predicted octanol–water partition coefficient (Wildman–Crippen LogP) is 3.79. The third kappa shape index (κ3) is 3.57. The van der Waals surface area contributed by atoms with Crippen molar-refractivity contribution in [3.05, 3.63) is 70.0 Å². The highest BCUT2D eigenvalue weighted by Gasteiger charge is 2.12. The molecule has 2 aromatic carbocycles. The van der Waals surface area contributed by atoms with Gasteiger partial charge in [0.25, 0.3) is 0 Å². The Labute approximate surface area is 123 Å². The Morgan fingerprint density at radius 1 is 1.15 bits per heavy atom. The van der Waals surface area contributed by atoms with Crippen LogP contribution >= 0.6 is 11.6 Å². The summed E-state index contributed by atoms with van der Waals surface area (Å²) in [6.45, 7) is 2.12. The van der Waals surface area contributed by atoms with Gasteiger partial charge in [-0.15, -0.1) is 0 Å². The molecule has 0 spiro atoms. The zero-order valence-electron chi connectivity index (χ0n) is 11.4. The first kappa shape index (κ1) is 15.0. The van der Waals surface area contributed by atoms with E-state index in [4.69, 9.17) is 17.4 Å². The average molecular weight is 293 g/mol. The summed E-state index contributed by atoms with van der Waals surface area (Å²) < 4.78 is 13.2. The number of rotatable bonds is 5. The van der Waals surface area contributed by atoms with Crippen molar-refractivity contribution in [2.75, 3.05) is 0 Å². The van der Waals surface area contributed by atoms with Gasteiger partial charge in [0.05, 0.1) is 11.1 Å². The molecule has 4 heteroatoms. The van der Waals surface area contributed by atoms with Crippen LogP contribution in [0.25, 0.3) is 0 Å². The molecule has 0 fully saturated rings. The molecule has 2 nitrogen and oxygen atoms in total. The minimum Gasteiger partial charge on any atom is -0.271 e. The summed E-state index contributed by atoms with van der Waals surface area (Å²) in [6, 6.07) is 13.0. The van der Waals surface area contributed by atoms with E-state index in [1.54, 1.807) is 12.1 Å². The average Bonchev–Trinajstić information content (AvgIpc) is 2.48. The smallest absolute Gasteiger partial charge is 0.141 e. The molecule has 0 aliphatic heterocycles. The number of aryl methyl sites for hydroxylation is 1. The summed E-state index contributed by atoms with van der Waals surface area (Å²) in [4.78, 5) is 0. The second-order valence-electron chi connectivity index (χ2n) is 4.77. The van der Waals surface area contributed by atoms with Crippen molar-refractivity contribution in [1.82, 2.24) is 5.43 Å². The number of halogens is 2. The second-order valence-corrected chi connectivity index (χ2v) is 5.17. The van der Waals surface area contributed by atoms with Gasteiger partial charge in [0.2, 0.25) is 0 Å². The highest BCUT2D eigenvalue weighted by atomic mass is 35.5. The summed E-state index contributed by atoms with van der Waals surface area (Å²) >= 11 is 5.81. The lowest BCUT2D eigenvalue weighted by molar-refractivity contribution is 0.549. The first-order valence-electron chi connectivity index (χ1n) is 6.63. The molecule has 0 saturated carbocycles. The van der Waals surface area contributed by atoms with Crippen LogP contribution in [0.1, 0.15) is 29.7 Å². The van der Waals surface area contributed by atoms with E-state index in [1.165, 1.54) is 17.2 Å². The van der Waals surface area contributed by atoms with E-state index in [0.29, 0.717) is 0 Å². The summed E-state index contributed by atoms with van der Waals surface area (Å²) in [6.07, 6.45) is 1.74. The number of nitrogens with two attached hydrogens (primary N) is 1. The molecule has 0 bridgehead atoms. The lowest BCUT2D eigenvalue weighted by atomic mass is 9.98. The second kappa shape index (κ2) is 6.84. The van der Waals surface area contributed by atoms with Crippen molar-refractivity contribution in [3.63, 3.8) is 0 Å². The Kier molecular flexibility index (Phi) is 5.12. The number of hydrogen-bond acceptors (Lipinski definition) is 2. The van der Waals surface area contributed by atoms with E-state index >= 15 is 0 Å². The molecule has 0 radical (unpaired) electrons. The van der Waals surface area contributed by atoms with Gasteiger partial charge >= 0.3 is 0 Å². The fourth-order valence-corrected chi connectivity index (χ4v) is 2.34. The molecule has 106 valence electrons. The third-order valence-corrected chi connectivity index (χ3v) is 3.71. The predicted molar refractivity (Wildman–Crippen MR) is 81.0 cm³/mol. The van der Waals surface area contributed by atoms with Crippen LogP contribution in [0.15, 0.2) is 42.5 Å². The molecule has 0 aliphatic rings. The Hall–Kier alpha value is -1.42. The molecular formula is C16H18ClFN2. The lowest BCUT2D eigenvalue weighted by Gasteiger charge is -2.17. The summed E-state index contributed by atoms with van der Waals surface area (Å²) in [5.41, 5.74) is 6.11. The highest BCUT2D eigenvalue weighted by molar-refractivity contribution is 6.30. The maximum absolute atomic E-state index is 13.2. The van der Waals surface area contributed by atoms with Crippen LogP contribution in [0, 0.1) is 5.82 Å². The minimum absolute atomic E-state index is 0.0967. The minimum atomic E-state index is -0.418. The quantitative estimate of drug-likeness (QED) is 0.650. The standard InChI is InChI=1S/C16H18ClFN2/c1-2-11-3-5-12(6-4-11)9-16(20-19)13-7-8-15(18)14(17)10-13/h3-8,10,16,20H,2,9,19H2,1H3. The van der Waals surface area contributed by atoms with Crippen molar-refractivity contribution in [2.45, 2.75) is 25.8 Å². The number of benzene rings is 2. The molecule has 1 atom stereocenters. The number of hydrazine groups is 1. The van der Waals surface area contributed by atoms with Crippen molar-refractivity contribution < 1.29 is 4.39 Å². The molecule has 0 amide bonds. The van der Waals surface area contributed by atoms with Crippen LogP contribution in [0.2, 0.25) is 5.02 Å². The van der Waals surface area contributed by atoms with E-state index in [9.17, 15) is 4.39 Å². The Morgan fingerprint density at radius 2 is 1.80 bits per heavy atom. The van der Waals surface area contributed by atoms with E-state index in [1.807, 2.05) is 0 Å². The fourth-order valence-electron chi connectivity index (χ4n) is 2.15. The highest BCUT2D eigenvalue weighted by Crippen LogP contribution is 2.23. The SMILES string of the molecule is CCc1ccc(CC(NN)c2ccc(F)c(Cl)c2)cc1. The molecule has 3 N–H and O–H groups in total. The summed E-state index contributed by atoms with van der Waals surface area (Å²) in [5, 5.41) is 0.115. The van der Waals surface area contributed by atoms with Gasteiger partial charge in [0, 0.05) is 0 Å². The molecule has 0 saturated heterocycles. The largest absolute Gasteiger partial charge is 0.271 e. The molecule has 20 heavy (non-hydrogen) atoms. The van der Waals surface area contributed by atoms with E-state index in [0.717, 1.165) is 18.4 Å². The summed E-state index contributed by atoms with van der Waals surface area (Å²) in [5.74, 6) is 5.19. The molecule has 0 aromatic heterocycles. The fraction of sp³-hybridized carbons (Fsp3) is 0.250. The van der Waals surface area contributed by atoms with Crippen molar-refractivity contribution in [3.8, 4) is 0 Å². The Morgan fingerprint density at radius 3 is 2.35 bits per heavy atom. The maximum Gasteiger partial charge on any atom is 0.141 e. The zero-order chi connectivity index (χ0) is 14.5. The van der Waals surface area contributed by atoms with Crippen LogP contribution in [-0.2, 0) is 12.8 Å². The van der Waals surface area contributed by atoms with E-state index in [-0.39, 0.29) is 11.1 Å². The van der Waals surface area contributed by atoms with Gasteiger partial charge < -0.3 is 0 Å².